The number of nitro benzene ring substituents is 1. The highest BCUT2D eigenvalue weighted by atomic mass is 79.9. The first-order valence-corrected chi connectivity index (χ1v) is 6.73. The van der Waals surface area contributed by atoms with E-state index in [1.807, 2.05) is 6.92 Å². The van der Waals surface area contributed by atoms with E-state index in [4.69, 9.17) is 0 Å². The van der Waals surface area contributed by atoms with E-state index >= 15 is 0 Å². The van der Waals surface area contributed by atoms with Crippen LogP contribution in [-0.4, -0.2) is 34.2 Å². The third-order valence-electron chi connectivity index (χ3n) is 2.60. The molecule has 0 aromatic heterocycles. The molecular weight excluding hydrogens is 300 g/mol. The van der Waals surface area contributed by atoms with Crippen LogP contribution in [-0.2, 0) is 0 Å². The van der Waals surface area contributed by atoms with Gasteiger partial charge in [0.25, 0.3) is 11.6 Å². The zero-order valence-corrected chi connectivity index (χ0v) is 11.9. The summed E-state index contributed by atoms with van der Waals surface area (Å²) >= 11 is 3.27. The van der Waals surface area contributed by atoms with Gasteiger partial charge in [-0.3, -0.25) is 14.9 Å². The third kappa shape index (κ3) is 3.29. The van der Waals surface area contributed by atoms with Gasteiger partial charge in [-0.2, -0.15) is 0 Å². The summed E-state index contributed by atoms with van der Waals surface area (Å²) in [5.41, 5.74) is 0.847. The summed E-state index contributed by atoms with van der Waals surface area (Å²) in [6, 6.07) is 4.58. The molecule has 0 aliphatic carbocycles. The third-order valence-corrected chi connectivity index (χ3v) is 2.96. The van der Waals surface area contributed by atoms with Crippen LogP contribution in [0.15, 0.2) is 18.2 Å². The van der Waals surface area contributed by atoms with Gasteiger partial charge < -0.3 is 4.90 Å². The molecule has 1 amide bonds. The Morgan fingerprint density at radius 3 is 2.67 bits per heavy atom. The lowest BCUT2D eigenvalue weighted by Crippen LogP contribution is -2.32. The highest BCUT2D eigenvalue weighted by molar-refractivity contribution is 9.09. The van der Waals surface area contributed by atoms with Crippen molar-refractivity contribution in [3.05, 3.63) is 39.4 Å². The average molecular weight is 315 g/mol. The number of benzene rings is 1. The van der Waals surface area contributed by atoms with E-state index in [-0.39, 0.29) is 17.2 Å². The van der Waals surface area contributed by atoms with Crippen molar-refractivity contribution in [1.82, 2.24) is 4.90 Å². The molecule has 0 heterocycles. The summed E-state index contributed by atoms with van der Waals surface area (Å²) in [6.45, 7) is 4.71. The molecule has 98 valence electrons. The predicted molar refractivity (Wildman–Crippen MR) is 73.2 cm³/mol. The van der Waals surface area contributed by atoms with Gasteiger partial charge in [-0.25, -0.2) is 0 Å². The van der Waals surface area contributed by atoms with Gasteiger partial charge in [-0.15, -0.1) is 0 Å². The summed E-state index contributed by atoms with van der Waals surface area (Å²) in [6.07, 6.45) is 0. The first-order chi connectivity index (χ1) is 8.51. The zero-order valence-electron chi connectivity index (χ0n) is 10.4. The van der Waals surface area contributed by atoms with E-state index in [9.17, 15) is 14.9 Å². The maximum absolute atomic E-state index is 12.2. The molecule has 0 radical (unpaired) electrons. The van der Waals surface area contributed by atoms with E-state index in [0.717, 1.165) is 5.56 Å². The fourth-order valence-corrected chi connectivity index (χ4v) is 2.08. The van der Waals surface area contributed by atoms with Crippen molar-refractivity contribution in [2.45, 2.75) is 13.8 Å². The van der Waals surface area contributed by atoms with E-state index in [0.29, 0.717) is 18.4 Å². The highest BCUT2D eigenvalue weighted by Crippen LogP contribution is 2.21. The van der Waals surface area contributed by atoms with Gasteiger partial charge in [0.2, 0.25) is 0 Å². The molecule has 0 spiro atoms. The molecule has 1 rings (SSSR count). The lowest BCUT2D eigenvalue weighted by molar-refractivity contribution is -0.385. The van der Waals surface area contributed by atoms with Gasteiger partial charge in [0.1, 0.15) is 5.56 Å². The second kappa shape index (κ2) is 6.49. The Labute approximate surface area is 114 Å². The molecule has 1 aromatic carbocycles. The number of rotatable bonds is 5. The standard InChI is InChI=1S/C12H15BrN2O3/c1-3-14(7-6-13)12(16)10-8-9(2)4-5-11(10)15(17)18/h4-5,8H,3,6-7H2,1-2H3. The van der Waals surface area contributed by atoms with Gasteiger partial charge in [0, 0.05) is 24.5 Å². The van der Waals surface area contributed by atoms with Crippen LogP contribution in [0.1, 0.15) is 22.8 Å². The Bertz CT molecular complexity index is 463. The number of nitro groups is 1. The molecule has 0 atom stereocenters. The number of hydrogen-bond donors (Lipinski definition) is 0. The van der Waals surface area contributed by atoms with Crippen LogP contribution in [0.4, 0.5) is 5.69 Å². The van der Waals surface area contributed by atoms with Crippen LogP contribution in [0.2, 0.25) is 0 Å². The Morgan fingerprint density at radius 2 is 2.17 bits per heavy atom. The summed E-state index contributed by atoms with van der Waals surface area (Å²) < 4.78 is 0. The van der Waals surface area contributed by atoms with Crippen LogP contribution in [0, 0.1) is 17.0 Å². The highest BCUT2D eigenvalue weighted by Gasteiger charge is 2.23. The van der Waals surface area contributed by atoms with Crippen LogP contribution in [0.3, 0.4) is 0 Å². The first kappa shape index (κ1) is 14.6. The summed E-state index contributed by atoms with van der Waals surface area (Å²) in [7, 11) is 0. The molecule has 1 aromatic rings. The second-order valence-electron chi connectivity index (χ2n) is 3.85. The number of alkyl halides is 1. The van der Waals surface area contributed by atoms with Crippen molar-refractivity contribution in [2.24, 2.45) is 0 Å². The van der Waals surface area contributed by atoms with Crippen molar-refractivity contribution in [3.8, 4) is 0 Å². The quantitative estimate of drug-likeness (QED) is 0.477. The van der Waals surface area contributed by atoms with Gasteiger partial charge in [-0.05, 0) is 25.5 Å². The molecule has 0 bridgehead atoms. The molecule has 0 saturated heterocycles. The fourth-order valence-electron chi connectivity index (χ4n) is 1.66. The van der Waals surface area contributed by atoms with Crippen molar-refractivity contribution >= 4 is 27.5 Å². The number of halogens is 1. The Hall–Kier alpha value is -1.43. The van der Waals surface area contributed by atoms with E-state index in [1.54, 1.807) is 24.0 Å². The minimum atomic E-state index is -0.519. The monoisotopic (exact) mass is 314 g/mol. The molecule has 0 aliphatic rings. The van der Waals surface area contributed by atoms with Crippen molar-refractivity contribution < 1.29 is 9.72 Å². The maximum Gasteiger partial charge on any atom is 0.282 e. The van der Waals surface area contributed by atoms with Gasteiger partial charge in [0.05, 0.1) is 4.92 Å². The van der Waals surface area contributed by atoms with E-state index in [1.165, 1.54) is 6.07 Å². The Balaban J connectivity index is 3.17. The SMILES string of the molecule is CCN(CCBr)C(=O)c1cc(C)ccc1[N+](=O)[O-]. The van der Waals surface area contributed by atoms with Crippen molar-refractivity contribution in [1.29, 1.82) is 0 Å². The summed E-state index contributed by atoms with van der Waals surface area (Å²) in [5.74, 6) is -0.299. The normalized spacial score (nSPS) is 10.2. The molecule has 0 N–H and O–H groups in total. The lowest BCUT2D eigenvalue weighted by Gasteiger charge is -2.19. The largest absolute Gasteiger partial charge is 0.338 e. The van der Waals surface area contributed by atoms with Crippen LogP contribution in [0.25, 0.3) is 0 Å². The minimum Gasteiger partial charge on any atom is -0.338 e. The average Bonchev–Trinajstić information content (AvgIpc) is 2.34. The fraction of sp³-hybridized carbons (Fsp3) is 0.417. The second-order valence-corrected chi connectivity index (χ2v) is 4.64. The smallest absolute Gasteiger partial charge is 0.282 e. The van der Waals surface area contributed by atoms with Crippen LogP contribution in [0.5, 0.6) is 0 Å². The van der Waals surface area contributed by atoms with E-state index in [2.05, 4.69) is 15.9 Å². The van der Waals surface area contributed by atoms with Gasteiger partial charge >= 0.3 is 0 Å². The van der Waals surface area contributed by atoms with E-state index < -0.39 is 4.92 Å². The molecule has 18 heavy (non-hydrogen) atoms. The minimum absolute atomic E-state index is 0.140. The van der Waals surface area contributed by atoms with Crippen LogP contribution < -0.4 is 0 Å². The topological polar surface area (TPSA) is 63.5 Å². The lowest BCUT2D eigenvalue weighted by atomic mass is 10.1. The molecule has 0 unspecified atom stereocenters. The summed E-state index contributed by atoms with van der Waals surface area (Å²) in [5, 5.41) is 11.6. The molecular formula is C12H15BrN2O3. The Kier molecular flexibility index (Phi) is 5.27. The first-order valence-electron chi connectivity index (χ1n) is 5.61. The number of carbonyl (C=O) groups is 1. The van der Waals surface area contributed by atoms with Gasteiger partial charge in [0.15, 0.2) is 0 Å². The number of hydrogen-bond acceptors (Lipinski definition) is 3. The van der Waals surface area contributed by atoms with Crippen molar-refractivity contribution in [3.63, 3.8) is 0 Å². The Morgan fingerprint density at radius 1 is 1.50 bits per heavy atom. The summed E-state index contributed by atoms with van der Waals surface area (Å²) in [4.78, 5) is 24.2. The molecule has 6 heteroatoms. The van der Waals surface area contributed by atoms with Crippen LogP contribution >= 0.6 is 15.9 Å². The number of carbonyl (C=O) groups excluding carboxylic acids is 1. The molecule has 0 fully saturated rings. The molecule has 5 nitrogen and oxygen atoms in total. The molecule has 0 aliphatic heterocycles. The number of aryl methyl sites for hydroxylation is 1. The van der Waals surface area contributed by atoms with Gasteiger partial charge in [-0.1, -0.05) is 22.0 Å². The maximum atomic E-state index is 12.2. The van der Waals surface area contributed by atoms with Crippen molar-refractivity contribution in [2.75, 3.05) is 18.4 Å². The zero-order chi connectivity index (χ0) is 13.7. The number of nitrogens with zero attached hydrogens (tertiary/aromatic N) is 2. The molecule has 0 saturated carbocycles. The number of amides is 1. The predicted octanol–water partition coefficient (Wildman–Crippen LogP) is 2.76.